The number of amides is 2. The van der Waals surface area contributed by atoms with Gasteiger partial charge in [0.1, 0.15) is 6.54 Å². The van der Waals surface area contributed by atoms with Crippen LogP contribution < -0.4 is 5.32 Å². The van der Waals surface area contributed by atoms with Gasteiger partial charge in [-0.1, -0.05) is 29.8 Å². The minimum Gasteiger partial charge on any atom is -0.328 e. The van der Waals surface area contributed by atoms with Crippen molar-refractivity contribution in [3.8, 4) is 5.69 Å². The highest BCUT2D eigenvalue weighted by Gasteiger charge is 2.34. The van der Waals surface area contributed by atoms with E-state index >= 15 is 0 Å². The lowest BCUT2D eigenvalue weighted by Gasteiger charge is -2.20. The van der Waals surface area contributed by atoms with Gasteiger partial charge in [0.15, 0.2) is 5.69 Å². The number of nitrogens with one attached hydrogen (secondary N) is 1. The quantitative estimate of drug-likeness (QED) is 0.596. The minimum atomic E-state index is -4.62. The summed E-state index contributed by atoms with van der Waals surface area (Å²) in [7, 11) is 0. The summed E-state index contributed by atoms with van der Waals surface area (Å²) in [5.74, 6) is -1.29. The van der Waals surface area contributed by atoms with Gasteiger partial charge in [-0.15, -0.1) is 5.10 Å². The Labute approximate surface area is 189 Å². The second-order valence-electron chi connectivity index (χ2n) is 7.62. The first-order valence-electron chi connectivity index (χ1n) is 10.3. The normalized spacial score (nSPS) is 11.4. The summed E-state index contributed by atoms with van der Waals surface area (Å²) in [6.07, 6.45) is -4.62. The van der Waals surface area contributed by atoms with E-state index in [1.807, 2.05) is 32.0 Å². The molecule has 0 aliphatic rings. The number of rotatable bonds is 6. The van der Waals surface area contributed by atoms with Crippen LogP contribution in [0.25, 0.3) is 5.69 Å². The fraction of sp³-hybridized carbons (Fsp3) is 0.304. The highest BCUT2D eigenvalue weighted by molar-refractivity contribution is 5.99. The fourth-order valence-corrected chi connectivity index (χ4v) is 3.39. The number of likely N-dealkylation sites (N-methyl/N-ethyl adjacent to an activating group) is 1. The molecule has 10 heteroatoms. The number of carbonyl (C=O) groups excluding carboxylic acids is 2. The molecule has 174 valence electrons. The number of para-hydroxylation sites is 1. The van der Waals surface area contributed by atoms with Crippen LogP contribution in [-0.2, 0) is 11.0 Å². The van der Waals surface area contributed by atoms with Gasteiger partial charge in [-0.25, -0.2) is 0 Å². The molecule has 0 radical (unpaired) electrons. The van der Waals surface area contributed by atoms with Gasteiger partial charge in [-0.2, -0.15) is 23.1 Å². The summed E-state index contributed by atoms with van der Waals surface area (Å²) in [5.41, 5.74) is 1.84. The molecule has 1 N–H and O–H groups in total. The number of benzene rings is 2. The van der Waals surface area contributed by atoms with E-state index < -0.39 is 30.1 Å². The number of halogens is 3. The van der Waals surface area contributed by atoms with E-state index in [1.54, 1.807) is 13.8 Å². The van der Waals surface area contributed by atoms with E-state index in [9.17, 15) is 22.8 Å². The van der Waals surface area contributed by atoms with Crippen LogP contribution in [0.3, 0.4) is 0 Å². The van der Waals surface area contributed by atoms with Crippen LogP contribution in [0.5, 0.6) is 0 Å². The maximum absolute atomic E-state index is 13.2. The molecule has 0 spiro atoms. The van der Waals surface area contributed by atoms with Gasteiger partial charge in [0.05, 0.1) is 22.6 Å². The Kier molecular flexibility index (Phi) is 6.85. The molecule has 33 heavy (non-hydrogen) atoms. The number of nitrogens with zero attached hydrogens (tertiary/aromatic N) is 4. The van der Waals surface area contributed by atoms with Gasteiger partial charge < -0.3 is 10.2 Å². The number of anilines is 1. The van der Waals surface area contributed by atoms with Crippen LogP contribution >= 0.6 is 0 Å². The number of alkyl halides is 3. The Bertz CT molecular complexity index is 1190. The number of aryl methyl sites for hydroxylation is 3. The van der Waals surface area contributed by atoms with E-state index in [1.165, 1.54) is 27.9 Å². The lowest BCUT2D eigenvalue weighted by atomic mass is 10.1. The van der Waals surface area contributed by atoms with Crippen molar-refractivity contribution in [3.63, 3.8) is 0 Å². The van der Waals surface area contributed by atoms with Crippen molar-refractivity contribution in [2.24, 2.45) is 0 Å². The van der Waals surface area contributed by atoms with E-state index in [0.29, 0.717) is 11.4 Å². The Morgan fingerprint density at radius 1 is 1.06 bits per heavy atom. The molecule has 0 fully saturated rings. The molecule has 1 heterocycles. The molecule has 3 aromatic rings. The molecule has 0 aliphatic carbocycles. The summed E-state index contributed by atoms with van der Waals surface area (Å²) in [5, 5.41) is 10.9. The van der Waals surface area contributed by atoms with Crippen molar-refractivity contribution < 1.29 is 22.8 Å². The zero-order valence-corrected chi connectivity index (χ0v) is 18.7. The number of hydrogen-bond donors (Lipinski definition) is 1. The molecule has 2 amide bonds. The topological polar surface area (TPSA) is 80.1 Å². The zero-order valence-electron chi connectivity index (χ0n) is 18.7. The fourth-order valence-electron chi connectivity index (χ4n) is 3.39. The molecule has 0 bridgehead atoms. The molecular formula is C23H24F3N5O2. The zero-order chi connectivity index (χ0) is 24.3. The van der Waals surface area contributed by atoms with Crippen molar-refractivity contribution in [1.29, 1.82) is 0 Å². The van der Waals surface area contributed by atoms with Gasteiger partial charge in [0.25, 0.3) is 5.91 Å². The van der Waals surface area contributed by atoms with Crippen LogP contribution in [0.1, 0.15) is 39.8 Å². The predicted molar refractivity (Wildman–Crippen MR) is 117 cm³/mol. The predicted octanol–water partition coefficient (Wildman–Crippen LogP) is 4.31. The van der Waals surface area contributed by atoms with Crippen molar-refractivity contribution in [2.45, 2.75) is 33.9 Å². The lowest BCUT2D eigenvalue weighted by Crippen LogP contribution is -2.38. The van der Waals surface area contributed by atoms with E-state index in [2.05, 4.69) is 15.5 Å². The molecule has 0 atom stereocenters. The van der Waals surface area contributed by atoms with E-state index in [4.69, 9.17) is 0 Å². The third-order valence-electron chi connectivity index (χ3n) is 5.06. The molecule has 7 nitrogen and oxygen atoms in total. The van der Waals surface area contributed by atoms with Crippen LogP contribution in [-0.4, -0.2) is 44.8 Å². The van der Waals surface area contributed by atoms with Crippen molar-refractivity contribution >= 4 is 17.5 Å². The summed E-state index contributed by atoms with van der Waals surface area (Å²) in [4.78, 5) is 28.1. The molecule has 0 unspecified atom stereocenters. The van der Waals surface area contributed by atoms with Crippen molar-refractivity contribution in [3.05, 3.63) is 70.5 Å². The molecule has 3 rings (SSSR count). The Morgan fingerprint density at radius 2 is 1.76 bits per heavy atom. The average molecular weight is 459 g/mol. The molecular weight excluding hydrogens is 435 g/mol. The number of aromatic nitrogens is 3. The Morgan fingerprint density at radius 3 is 2.39 bits per heavy atom. The first kappa shape index (κ1) is 24.0. The van der Waals surface area contributed by atoms with Crippen LogP contribution in [0.4, 0.5) is 18.9 Å². The van der Waals surface area contributed by atoms with Gasteiger partial charge in [0.2, 0.25) is 5.91 Å². The average Bonchev–Trinajstić information content (AvgIpc) is 3.12. The van der Waals surface area contributed by atoms with E-state index in [-0.39, 0.29) is 17.9 Å². The lowest BCUT2D eigenvalue weighted by molar-refractivity contribution is -0.137. The summed E-state index contributed by atoms with van der Waals surface area (Å²) < 4.78 is 39.5. The first-order chi connectivity index (χ1) is 15.5. The Hall–Kier alpha value is -3.69. The first-order valence-corrected chi connectivity index (χ1v) is 10.3. The highest BCUT2D eigenvalue weighted by Crippen LogP contribution is 2.34. The molecule has 2 aromatic carbocycles. The summed E-state index contributed by atoms with van der Waals surface area (Å²) >= 11 is 0. The van der Waals surface area contributed by atoms with Gasteiger partial charge in [-0.3, -0.25) is 9.59 Å². The number of hydrogen-bond acceptors (Lipinski definition) is 4. The molecule has 0 saturated heterocycles. The van der Waals surface area contributed by atoms with Gasteiger partial charge >= 0.3 is 6.18 Å². The smallest absolute Gasteiger partial charge is 0.328 e. The molecule has 1 aromatic heterocycles. The molecule has 0 saturated carbocycles. The maximum Gasteiger partial charge on any atom is 0.418 e. The summed E-state index contributed by atoms with van der Waals surface area (Å²) in [6, 6.07) is 10.4. The van der Waals surface area contributed by atoms with Crippen molar-refractivity contribution in [1.82, 2.24) is 19.9 Å². The van der Waals surface area contributed by atoms with E-state index in [0.717, 1.165) is 17.2 Å². The second-order valence-corrected chi connectivity index (χ2v) is 7.62. The second kappa shape index (κ2) is 9.43. The molecule has 0 aliphatic heterocycles. The maximum atomic E-state index is 13.2. The van der Waals surface area contributed by atoms with Gasteiger partial charge in [0, 0.05) is 6.54 Å². The van der Waals surface area contributed by atoms with Crippen LogP contribution in [0, 0.1) is 20.8 Å². The number of carbonyl (C=O) groups is 2. The monoisotopic (exact) mass is 459 g/mol. The summed E-state index contributed by atoms with van der Waals surface area (Å²) in [6.45, 7) is 6.89. The van der Waals surface area contributed by atoms with Crippen LogP contribution in [0.15, 0.2) is 42.5 Å². The van der Waals surface area contributed by atoms with Crippen LogP contribution in [0.2, 0.25) is 0 Å². The van der Waals surface area contributed by atoms with Crippen molar-refractivity contribution in [2.75, 3.05) is 18.4 Å². The standard InChI is InChI=1S/C23H24F3N5O2/c1-5-30(13-20(32)27-18-9-7-6-8-17(18)23(24,25)26)22(33)21-16(4)28-31(29-21)19-11-10-14(2)12-15(19)3/h6-12H,5,13H2,1-4H3,(H,27,32). The van der Waals surface area contributed by atoms with Gasteiger partial charge in [-0.05, 0) is 51.5 Å². The minimum absolute atomic E-state index is 0.0697. The third kappa shape index (κ3) is 5.39. The highest BCUT2D eigenvalue weighted by atomic mass is 19.4. The SMILES string of the molecule is CCN(CC(=O)Nc1ccccc1C(F)(F)F)C(=O)c1nn(-c2ccc(C)cc2C)nc1C. The Balaban J connectivity index is 1.79. The third-order valence-corrected chi connectivity index (χ3v) is 5.06. The largest absolute Gasteiger partial charge is 0.418 e.